The number of carbonyl (C=O) groups is 1. The molecule has 2 aromatic carbocycles. The zero-order valence-electron chi connectivity index (χ0n) is 18.9. The summed E-state index contributed by atoms with van der Waals surface area (Å²) >= 11 is 0. The molecule has 3 heterocycles. The number of nitrogens with one attached hydrogen (secondary N) is 1. The van der Waals surface area contributed by atoms with Crippen molar-refractivity contribution in [3.63, 3.8) is 0 Å². The molecule has 6 heteroatoms. The maximum atomic E-state index is 12.5. The van der Waals surface area contributed by atoms with Crippen molar-refractivity contribution in [2.24, 2.45) is 5.92 Å². The van der Waals surface area contributed by atoms with Gasteiger partial charge in [-0.3, -0.25) is 9.69 Å². The number of hydrogen-bond donors (Lipinski definition) is 1. The van der Waals surface area contributed by atoms with Crippen LogP contribution in [0.4, 0.5) is 0 Å². The van der Waals surface area contributed by atoms with Crippen LogP contribution in [0.5, 0.6) is 11.5 Å². The molecule has 0 aliphatic carbocycles. The van der Waals surface area contributed by atoms with Gasteiger partial charge in [-0.05, 0) is 86.8 Å². The van der Waals surface area contributed by atoms with E-state index in [0.717, 1.165) is 62.6 Å². The average molecular weight is 446 g/mol. The number of para-hydroxylation sites is 2. The molecule has 1 amide bonds. The van der Waals surface area contributed by atoms with Gasteiger partial charge in [0.05, 0.1) is 0 Å². The summed E-state index contributed by atoms with van der Waals surface area (Å²) < 4.78 is 14.0. The Morgan fingerprint density at radius 3 is 2.42 bits per heavy atom. The van der Waals surface area contributed by atoms with Gasteiger partial charge in [-0.15, -0.1) is 0 Å². The van der Waals surface area contributed by atoms with Gasteiger partial charge in [0.25, 0.3) is 5.91 Å². The van der Waals surface area contributed by atoms with E-state index in [1.807, 2.05) is 77.6 Å². The van der Waals surface area contributed by atoms with Crippen LogP contribution in [-0.4, -0.2) is 54.3 Å². The second-order valence-corrected chi connectivity index (χ2v) is 8.92. The molecule has 33 heavy (non-hydrogen) atoms. The minimum Gasteiger partial charge on any atom is -0.486 e. The number of ether oxygens (including phenoxy) is 2. The number of nitrogens with zero attached hydrogens (tertiary/aromatic N) is 2. The molecule has 1 N–H and O–H groups in total. The van der Waals surface area contributed by atoms with E-state index in [9.17, 15) is 4.79 Å². The van der Waals surface area contributed by atoms with Crippen molar-refractivity contribution in [1.29, 1.82) is 0 Å². The molecule has 5 rings (SSSR count). The van der Waals surface area contributed by atoms with Crippen molar-refractivity contribution in [1.82, 2.24) is 14.8 Å². The molecule has 3 aromatic rings. The maximum absolute atomic E-state index is 12.5. The van der Waals surface area contributed by atoms with Crippen LogP contribution in [-0.2, 0) is 0 Å². The largest absolute Gasteiger partial charge is 0.486 e. The lowest BCUT2D eigenvalue weighted by Gasteiger charge is -2.35. The van der Waals surface area contributed by atoms with Crippen LogP contribution in [0.1, 0.15) is 29.6 Å². The van der Waals surface area contributed by atoms with Crippen molar-refractivity contribution < 1.29 is 14.3 Å². The van der Waals surface area contributed by atoms with Crippen molar-refractivity contribution in [2.45, 2.75) is 25.4 Å². The number of rotatable bonds is 7. The lowest BCUT2D eigenvalue weighted by Crippen LogP contribution is -2.44. The SMILES string of the molecule is O=C(NCCC1CCN(CC2COc3ccccc3O2)CC1)c1ccc(-n2cccc2)cc1. The molecule has 2 aliphatic heterocycles. The highest BCUT2D eigenvalue weighted by molar-refractivity contribution is 5.94. The van der Waals surface area contributed by atoms with E-state index in [1.165, 1.54) is 0 Å². The Kier molecular flexibility index (Phi) is 6.63. The van der Waals surface area contributed by atoms with E-state index in [1.54, 1.807) is 0 Å². The van der Waals surface area contributed by atoms with Crippen LogP contribution in [0.2, 0.25) is 0 Å². The first-order chi connectivity index (χ1) is 16.2. The molecular formula is C27H31N3O3. The molecule has 2 aliphatic rings. The van der Waals surface area contributed by atoms with Crippen molar-refractivity contribution >= 4 is 5.91 Å². The first-order valence-corrected chi connectivity index (χ1v) is 11.9. The van der Waals surface area contributed by atoms with Crippen LogP contribution in [0.3, 0.4) is 0 Å². The second-order valence-electron chi connectivity index (χ2n) is 8.92. The van der Waals surface area contributed by atoms with Crippen molar-refractivity contribution in [2.75, 3.05) is 32.8 Å². The van der Waals surface area contributed by atoms with Gasteiger partial charge >= 0.3 is 0 Å². The first-order valence-electron chi connectivity index (χ1n) is 11.9. The zero-order valence-corrected chi connectivity index (χ0v) is 18.9. The molecule has 6 nitrogen and oxygen atoms in total. The summed E-state index contributed by atoms with van der Waals surface area (Å²) in [6, 6.07) is 19.6. The second kappa shape index (κ2) is 10.1. The Morgan fingerprint density at radius 2 is 1.67 bits per heavy atom. The standard InChI is InChI=1S/C27H31N3O3/c31-27(22-7-9-23(10-8-22)30-15-3-4-16-30)28-14-11-21-12-17-29(18-13-21)19-24-20-32-25-5-1-2-6-26(25)33-24/h1-10,15-16,21,24H,11-14,17-20H2,(H,28,31). The number of fused-ring (bicyclic) bond motifs is 1. The summed E-state index contributed by atoms with van der Waals surface area (Å²) in [5.41, 5.74) is 1.76. The third kappa shape index (κ3) is 5.40. The lowest BCUT2D eigenvalue weighted by molar-refractivity contribution is 0.0472. The molecule has 0 bridgehead atoms. The third-order valence-corrected chi connectivity index (χ3v) is 6.61. The normalized spacial score (nSPS) is 18.7. The van der Waals surface area contributed by atoms with E-state index in [2.05, 4.69) is 10.2 Å². The predicted octanol–water partition coefficient (Wildman–Crippen LogP) is 4.15. The fraction of sp³-hybridized carbons (Fsp3) is 0.370. The fourth-order valence-corrected chi connectivity index (χ4v) is 4.68. The summed E-state index contributed by atoms with van der Waals surface area (Å²) in [5.74, 6) is 2.34. The maximum Gasteiger partial charge on any atom is 0.251 e. The number of carbonyl (C=O) groups excluding carboxylic acids is 1. The fourth-order valence-electron chi connectivity index (χ4n) is 4.68. The van der Waals surface area contributed by atoms with Gasteiger partial charge < -0.3 is 19.4 Å². The van der Waals surface area contributed by atoms with Gasteiger partial charge in [-0.2, -0.15) is 0 Å². The van der Waals surface area contributed by atoms with E-state index in [-0.39, 0.29) is 12.0 Å². The van der Waals surface area contributed by atoms with Crippen LogP contribution >= 0.6 is 0 Å². The topological polar surface area (TPSA) is 55.7 Å². The summed E-state index contributed by atoms with van der Waals surface area (Å²) in [6.45, 7) is 4.37. The molecule has 1 fully saturated rings. The van der Waals surface area contributed by atoms with Gasteiger partial charge in [0.1, 0.15) is 12.7 Å². The van der Waals surface area contributed by atoms with Gasteiger partial charge in [0.2, 0.25) is 0 Å². The Balaban J connectivity index is 1.01. The smallest absolute Gasteiger partial charge is 0.251 e. The van der Waals surface area contributed by atoms with Crippen LogP contribution in [0.25, 0.3) is 5.69 Å². The van der Waals surface area contributed by atoms with E-state index in [0.29, 0.717) is 18.1 Å². The Bertz CT molecular complexity index is 1040. The van der Waals surface area contributed by atoms with E-state index >= 15 is 0 Å². The van der Waals surface area contributed by atoms with Gasteiger partial charge in [0.15, 0.2) is 11.5 Å². The minimum absolute atomic E-state index is 0.00113. The Hall–Kier alpha value is -3.25. The Labute approximate surface area is 195 Å². The van der Waals surface area contributed by atoms with E-state index < -0.39 is 0 Å². The molecule has 0 radical (unpaired) electrons. The molecule has 0 saturated carbocycles. The molecule has 1 saturated heterocycles. The highest BCUT2D eigenvalue weighted by Crippen LogP contribution is 2.31. The first kappa shape index (κ1) is 21.6. The average Bonchev–Trinajstić information content (AvgIpc) is 3.40. The summed E-state index contributed by atoms with van der Waals surface area (Å²) in [7, 11) is 0. The van der Waals surface area contributed by atoms with Crippen LogP contribution < -0.4 is 14.8 Å². The van der Waals surface area contributed by atoms with E-state index in [4.69, 9.17) is 9.47 Å². The molecule has 1 aromatic heterocycles. The summed E-state index contributed by atoms with van der Waals surface area (Å²) in [4.78, 5) is 15.0. The number of aromatic nitrogens is 1. The number of likely N-dealkylation sites (tertiary alicyclic amines) is 1. The highest BCUT2D eigenvalue weighted by Gasteiger charge is 2.26. The van der Waals surface area contributed by atoms with Gasteiger partial charge in [0, 0.05) is 36.7 Å². The molecule has 1 unspecified atom stereocenters. The monoisotopic (exact) mass is 445 g/mol. The molecule has 1 atom stereocenters. The van der Waals surface area contributed by atoms with Crippen LogP contribution in [0.15, 0.2) is 73.1 Å². The van der Waals surface area contributed by atoms with Crippen molar-refractivity contribution in [3.05, 3.63) is 78.6 Å². The third-order valence-electron chi connectivity index (χ3n) is 6.61. The summed E-state index contributed by atoms with van der Waals surface area (Å²) in [6.07, 6.45) is 7.42. The number of amides is 1. The number of hydrogen-bond acceptors (Lipinski definition) is 4. The number of benzene rings is 2. The zero-order chi connectivity index (χ0) is 22.5. The lowest BCUT2D eigenvalue weighted by atomic mass is 9.93. The number of piperidine rings is 1. The predicted molar refractivity (Wildman–Crippen MR) is 128 cm³/mol. The Morgan fingerprint density at radius 1 is 0.939 bits per heavy atom. The molecular weight excluding hydrogens is 414 g/mol. The van der Waals surface area contributed by atoms with Gasteiger partial charge in [-0.25, -0.2) is 0 Å². The van der Waals surface area contributed by atoms with Crippen molar-refractivity contribution in [3.8, 4) is 17.2 Å². The summed E-state index contributed by atoms with van der Waals surface area (Å²) in [5, 5.41) is 3.09. The molecule has 172 valence electrons. The highest BCUT2D eigenvalue weighted by atomic mass is 16.6. The van der Waals surface area contributed by atoms with Gasteiger partial charge in [-0.1, -0.05) is 12.1 Å². The minimum atomic E-state index is 0.00113. The quantitative estimate of drug-likeness (QED) is 0.594. The van der Waals surface area contributed by atoms with Crippen LogP contribution in [0, 0.1) is 5.92 Å². The molecule has 0 spiro atoms.